The zero-order valence-corrected chi connectivity index (χ0v) is 12.0. The average molecular weight is 303 g/mol. The molecular formula is C15H11ClN2OS. The second kappa shape index (κ2) is 4.30. The van der Waals surface area contributed by atoms with Crippen molar-refractivity contribution in [2.24, 2.45) is 0 Å². The van der Waals surface area contributed by atoms with Crippen molar-refractivity contribution < 1.29 is 5.11 Å². The lowest BCUT2D eigenvalue weighted by atomic mass is 10.1. The summed E-state index contributed by atoms with van der Waals surface area (Å²) in [5, 5.41) is 19.7. The Morgan fingerprint density at radius 3 is 2.95 bits per heavy atom. The maximum absolute atomic E-state index is 9.97. The molecule has 0 saturated carbocycles. The molecule has 4 rings (SSSR count). The van der Waals surface area contributed by atoms with E-state index in [4.69, 9.17) is 11.6 Å². The largest absolute Gasteiger partial charge is 0.506 e. The van der Waals surface area contributed by atoms with E-state index >= 15 is 0 Å². The minimum Gasteiger partial charge on any atom is -0.506 e. The average Bonchev–Trinajstić information content (AvgIpc) is 2.68. The van der Waals surface area contributed by atoms with Crippen molar-refractivity contribution in [2.45, 2.75) is 6.54 Å². The van der Waals surface area contributed by atoms with Crippen molar-refractivity contribution >= 4 is 49.4 Å². The fraction of sp³-hybridized carbons (Fsp3) is 0.0667. The summed E-state index contributed by atoms with van der Waals surface area (Å²) in [6, 6.07) is 11.4. The summed E-state index contributed by atoms with van der Waals surface area (Å²) >= 11 is 7.61. The second-order valence-corrected chi connectivity index (χ2v) is 6.19. The molecule has 1 aliphatic rings. The maximum atomic E-state index is 9.97. The van der Waals surface area contributed by atoms with E-state index in [-0.39, 0.29) is 0 Å². The lowest BCUT2D eigenvalue weighted by Gasteiger charge is -2.08. The maximum Gasteiger partial charge on any atom is 0.133 e. The molecule has 5 heteroatoms. The van der Waals surface area contributed by atoms with Crippen molar-refractivity contribution in [3.8, 4) is 5.75 Å². The molecule has 0 atom stereocenters. The van der Waals surface area contributed by atoms with E-state index in [1.165, 1.54) is 5.56 Å². The third-order valence-corrected chi connectivity index (χ3v) is 4.90. The first kappa shape index (κ1) is 11.9. The summed E-state index contributed by atoms with van der Waals surface area (Å²) < 4.78 is 0.921. The van der Waals surface area contributed by atoms with Gasteiger partial charge in [0.2, 0.25) is 0 Å². The van der Waals surface area contributed by atoms with E-state index < -0.39 is 0 Å². The number of phenols is 1. The Morgan fingerprint density at radius 1 is 1.15 bits per heavy atom. The number of hydrogen-bond donors (Lipinski definition) is 3. The molecule has 3 N–H and O–H groups in total. The summed E-state index contributed by atoms with van der Waals surface area (Å²) in [4.78, 5) is 0. The summed E-state index contributed by atoms with van der Waals surface area (Å²) in [6.07, 6.45) is 0. The molecule has 100 valence electrons. The van der Waals surface area contributed by atoms with Crippen molar-refractivity contribution in [3.63, 3.8) is 0 Å². The van der Waals surface area contributed by atoms with Crippen LogP contribution in [0.2, 0.25) is 5.02 Å². The number of hydrogen-bond acceptors (Lipinski definition) is 4. The summed E-state index contributed by atoms with van der Waals surface area (Å²) in [5.41, 5.74) is 3.17. The zero-order valence-electron chi connectivity index (χ0n) is 10.4. The highest BCUT2D eigenvalue weighted by atomic mass is 35.5. The molecule has 0 radical (unpaired) electrons. The number of benzene rings is 2. The molecule has 0 saturated heterocycles. The van der Waals surface area contributed by atoms with Crippen LogP contribution < -0.4 is 10.6 Å². The monoisotopic (exact) mass is 302 g/mol. The van der Waals surface area contributed by atoms with Gasteiger partial charge in [-0.3, -0.25) is 0 Å². The predicted molar refractivity (Wildman–Crippen MR) is 85.6 cm³/mol. The van der Waals surface area contributed by atoms with Crippen LogP contribution in [0.3, 0.4) is 0 Å². The summed E-state index contributed by atoms with van der Waals surface area (Å²) in [7, 11) is 0. The molecule has 0 amide bonds. The van der Waals surface area contributed by atoms with Gasteiger partial charge < -0.3 is 15.7 Å². The molecule has 3 nitrogen and oxygen atoms in total. The number of anilines is 3. The Balaban J connectivity index is 1.91. The van der Waals surface area contributed by atoms with Crippen LogP contribution in [0, 0.1) is 0 Å². The molecule has 20 heavy (non-hydrogen) atoms. The van der Waals surface area contributed by atoms with Crippen molar-refractivity contribution in [2.75, 3.05) is 10.6 Å². The van der Waals surface area contributed by atoms with Gasteiger partial charge >= 0.3 is 0 Å². The molecular weight excluding hydrogens is 292 g/mol. The van der Waals surface area contributed by atoms with E-state index in [1.807, 2.05) is 30.3 Å². The predicted octanol–water partition coefficient (Wildman–Crippen LogP) is 4.93. The van der Waals surface area contributed by atoms with E-state index in [9.17, 15) is 5.11 Å². The molecule has 0 bridgehead atoms. The number of nitrogens with one attached hydrogen (secondary N) is 2. The minimum atomic E-state index is 0.332. The van der Waals surface area contributed by atoms with Gasteiger partial charge in [0.15, 0.2) is 0 Å². The van der Waals surface area contributed by atoms with Gasteiger partial charge in [0.25, 0.3) is 0 Å². The standard InChI is InChI=1S/C15H11ClN2OS/c16-8-4-5-11-12(6-8)17-7-10-9-2-1-3-13(19)14(9)20-15(10)18-11/h1-6,17-19H,7H2. The van der Waals surface area contributed by atoms with Crippen LogP contribution >= 0.6 is 22.9 Å². The molecule has 0 fully saturated rings. The third kappa shape index (κ3) is 1.72. The molecule has 1 aromatic heterocycles. The van der Waals surface area contributed by atoms with Crippen LogP contribution in [-0.2, 0) is 6.54 Å². The Morgan fingerprint density at radius 2 is 2.05 bits per heavy atom. The summed E-state index contributed by atoms with van der Waals surface area (Å²) in [6.45, 7) is 0.707. The quantitative estimate of drug-likeness (QED) is 0.552. The fourth-order valence-corrected chi connectivity index (χ4v) is 3.83. The van der Waals surface area contributed by atoms with Gasteiger partial charge in [0, 0.05) is 22.5 Å². The lowest BCUT2D eigenvalue weighted by Crippen LogP contribution is -1.96. The first-order chi connectivity index (χ1) is 9.72. The minimum absolute atomic E-state index is 0.332. The Bertz CT molecular complexity index is 828. The normalized spacial score (nSPS) is 13.1. The number of rotatable bonds is 0. The van der Waals surface area contributed by atoms with Gasteiger partial charge in [-0.05, 0) is 24.3 Å². The molecule has 0 aliphatic carbocycles. The van der Waals surface area contributed by atoms with Crippen LogP contribution in [0.1, 0.15) is 5.56 Å². The van der Waals surface area contributed by atoms with Crippen LogP contribution in [0.5, 0.6) is 5.75 Å². The SMILES string of the molecule is Oc1cccc2c3c(sc12)Nc1ccc(Cl)cc1NC3. The first-order valence-electron chi connectivity index (χ1n) is 6.26. The van der Waals surface area contributed by atoms with E-state index in [0.717, 1.165) is 26.5 Å². The first-order valence-corrected chi connectivity index (χ1v) is 7.45. The van der Waals surface area contributed by atoms with Gasteiger partial charge in [-0.15, -0.1) is 11.3 Å². The number of phenolic OH excluding ortho intramolecular Hbond substituents is 1. The van der Waals surface area contributed by atoms with Crippen molar-refractivity contribution in [3.05, 3.63) is 47.0 Å². The van der Waals surface area contributed by atoms with Crippen LogP contribution in [-0.4, -0.2) is 5.11 Å². The third-order valence-electron chi connectivity index (χ3n) is 3.48. The lowest BCUT2D eigenvalue weighted by molar-refractivity contribution is 0.482. The highest BCUT2D eigenvalue weighted by Crippen LogP contribution is 2.44. The number of thiophene rings is 1. The number of aromatic hydroxyl groups is 1. The van der Waals surface area contributed by atoms with E-state index in [1.54, 1.807) is 17.4 Å². The molecule has 0 spiro atoms. The Kier molecular flexibility index (Phi) is 2.55. The molecule has 1 aliphatic heterocycles. The van der Waals surface area contributed by atoms with Crippen LogP contribution in [0.4, 0.5) is 16.4 Å². The van der Waals surface area contributed by atoms with Crippen molar-refractivity contribution in [1.82, 2.24) is 0 Å². The topological polar surface area (TPSA) is 44.3 Å². The molecule has 2 aromatic carbocycles. The summed E-state index contributed by atoms with van der Waals surface area (Å²) in [5.74, 6) is 0.332. The van der Waals surface area contributed by atoms with Gasteiger partial charge in [-0.1, -0.05) is 23.7 Å². The molecule has 0 unspecified atom stereocenters. The number of fused-ring (bicyclic) bond motifs is 4. The zero-order chi connectivity index (χ0) is 13.7. The highest BCUT2D eigenvalue weighted by molar-refractivity contribution is 7.23. The van der Waals surface area contributed by atoms with Crippen LogP contribution in [0.25, 0.3) is 10.1 Å². The highest BCUT2D eigenvalue weighted by Gasteiger charge is 2.18. The smallest absolute Gasteiger partial charge is 0.133 e. The second-order valence-electron chi connectivity index (χ2n) is 4.73. The fourth-order valence-electron chi connectivity index (χ4n) is 2.51. The van der Waals surface area contributed by atoms with Crippen molar-refractivity contribution in [1.29, 1.82) is 0 Å². The Hall–Kier alpha value is -1.91. The van der Waals surface area contributed by atoms with Gasteiger partial charge in [0.1, 0.15) is 5.75 Å². The van der Waals surface area contributed by atoms with E-state index in [0.29, 0.717) is 17.3 Å². The van der Waals surface area contributed by atoms with Gasteiger partial charge in [-0.25, -0.2) is 0 Å². The molecule has 3 aromatic rings. The Labute approximate surface area is 124 Å². The van der Waals surface area contributed by atoms with Gasteiger partial charge in [-0.2, -0.15) is 0 Å². The molecule has 2 heterocycles. The number of halogens is 1. The van der Waals surface area contributed by atoms with Gasteiger partial charge in [0.05, 0.1) is 21.1 Å². The van der Waals surface area contributed by atoms with Crippen LogP contribution in [0.15, 0.2) is 36.4 Å². The van der Waals surface area contributed by atoms with E-state index in [2.05, 4.69) is 10.6 Å².